The lowest BCUT2D eigenvalue weighted by atomic mass is 10.1. The molecule has 1 fully saturated rings. The lowest BCUT2D eigenvalue weighted by Gasteiger charge is -2.24. The number of nitrogens with zero attached hydrogens (tertiary/aromatic N) is 4. The Kier molecular flexibility index (Phi) is 5.98. The summed E-state index contributed by atoms with van der Waals surface area (Å²) >= 11 is 0. The molecule has 1 aromatic rings. The van der Waals surface area contributed by atoms with Crippen LogP contribution >= 0.6 is 0 Å². The van der Waals surface area contributed by atoms with Gasteiger partial charge in [-0.1, -0.05) is 0 Å². The molecule has 118 valence electrons. The van der Waals surface area contributed by atoms with Crippen molar-refractivity contribution in [3.05, 3.63) is 0 Å². The number of ether oxygens (including phenoxy) is 1. The fourth-order valence-corrected chi connectivity index (χ4v) is 2.34. The summed E-state index contributed by atoms with van der Waals surface area (Å²) in [6, 6.07) is 0.375. The third-order valence-corrected chi connectivity index (χ3v) is 3.56. The van der Waals surface area contributed by atoms with E-state index in [2.05, 4.69) is 44.3 Å². The van der Waals surface area contributed by atoms with E-state index in [-0.39, 0.29) is 0 Å². The van der Waals surface area contributed by atoms with Gasteiger partial charge >= 0.3 is 0 Å². The van der Waals surface area contributed by atoms with Crippen molar-refractivity contribution >= 4 is 17.8 Å². The smallest absolute Gasteiger partial charge is 0.231 e. The zero-order chi connectivity index (χ0) is 15.1. The van der Waals surface area contributed by atoms with Crippen molar-refractivity contribution in [2.45, 2.75) is 39.7 Å². The maximum Gasteiger partial charge on any atom is 0.231 e. The average molecular weight is 294 g/mol. The highest BCUT2D eigenvalue weighted by molar-refractivity contribution is 5.44. The lowest BCUT2D eigenvalue weighted by molar-refractivity contribution is 0.0903. The molecule has 7 nitrogen and oxygen atoms in total. The Morgan fingerprint density at radius 2 is 1.71 bits per heavy atom. The van der Waals surface area contributed by atoms with Crippen LogP contribution in [0.1, 0.15) is 33.6 Å². The largest absolute Gasteiger partial charge is 0.381 e. The van der Waals surface area contributed by atoms with Crippen LogP contribution in [0.4, 0.5) is 17.8 Å². The molecule has 0 bridgehead atoms. The molecule has 2 N–H and O–H groups in total. The molecular weight excluding hydrogens is 268 g/mol. The van der Waals surface area contributed by atoms with E-state index in [0.29, 0.717) is 17.9 Å². The van der Waals surface area contributed by atoms with Gasteiger partial charge in [0.05, 0.1) is 0 Å². The molecule has 21 heavy (non-hydrogen) atoms. The van der Waals surface area contributed by atoms with Crippen molar-refractivity contribution in [3.63, 3.8) is 0 Å². The highest BCUT2D eigenvalue weighted by atomic mass is 16.5. The fourth-order valence-electron chi connectivity index (χ4n) is 2.34. The number of hydrogen-bond acceptors (Lipinski definition) is 7. The van der Waals surface area contributed by atoms with Gasteiger partial charge in [-0.3, -0.25) is 0 Å². The third-order valence-electron chi connectivity index (χ3n) is 3.56. The first-order valence-electron chi connectivity index (χ1n) is 7.86. The fraction of sp³-hybridized carbons (Fsp3) is 0.786. The summed E-state index contributed by atoms with van der Waals surface area (Å²) < 4.78 is 5.38. The number of anilines is 3. The van der Waals surface area contributed by atoms with Gasteiger partial charge in [0.25, 0.3) is 0 Å². The molecule has 1 aliphatic heterocycles. The van der Waals surface area contributed by atoms with Crippen molar-refractivity contribution < 1.29 is 4.74 Å². The first-order valence-corrected chi connectivity index (χ1v) is 7.86. The molecule has 0 atom stereocenters. The Labute approximate surface area is 126 Å². The Hall–Kier alpha value is -1.63. The summed E-state index contributed by atoms with van der Waals surface area (Å²) in [5.74, 6) is 2.00. The molecule has 0 unspecified atom stereocenters. The number of hydrogen-bond donors (Lipinski definition) is 2. The maximum absolute atomic E-state index is 5.38. The second-order valence-electron chi connectivity index (χ2n) is 5.02. The third kappa shape index (κ3) is 4.42. The van der Waals surface area contributed by atoms with Crippen LogP contribution in [0.3, 0.4) is 0 Å². The Morgan fingerprint density at radius 1 is 1.05 bits per heavy atom. The van der Waals surface area contributed by atoms with Gasteiger partial charge < -0.3 is 20.3 Å². The van der Waals surface area contributed by atoms with E-state index in [1.165, 1.54) is 0 Å². The van der Waals surface area contributed by atoms with E-state index in [1.54, 1.807) is 0 Å². The molecular formula is C14H26N6O. The zero-order valence-corrected chi connectivity index (χ0v) is 13.2. The van der Waals surface area contributed by atoms with Crippen LogP contribution in [0.5, 0.6) is 0 Å². The highest BCUT2D eigenvalue weighted by Crippen LogP contribution is 2.16. The molecule has 7 heteroatoms. The molecule has 0 saturated carbocycles. The first-order chi connectivity index (χ1) is 10.3. The standard InChI is InChI=1S/C14H26N6O/c1-4-15-12-17-13(16-11-7-9-21-10-8-11)19-14(18-12)20(5-2)6-3/h11H,4-10H2,1-3H3,(H2,15,16,17,18,19). The van der Waals surface area contributed by atoms with E-state index in [0.717, 1.165) is 51.6 Å². The summed E-state index contributed by atoms with van der Waals surface area (Å²) in [7, 11) is 0. The summed E-state index contributed by atoms with van der Waals surface area (Å²) in [6.07, 6.45) is 1.98. The van der Waals surface area contributed by atoms with Crippen LogP contribution in [0.2, 0.25) is 0 Å². The van der Waals surface area contributed by atoms with Crippen LogP contribution in [0.25, 0.3) is 0 Å². The highest BCUT2D eigenvalue weighted by Gasteiger charge is 2.17. The Morgan fingerprint density at radius 3 is 2.33 bits per heavy atom. The minimum absolute atomic E-state index is 0.375. The van der Waals surface area contributed by atoms with Crippen molar-refractivity contribution in [2.24, 2.45) is 0 Å². The second kappa shape index (κ2) is 7.97. The number of nitrogens with one attached hydrogen (secondary N) is 2. The topological polar surface area (TPSA) is 75.2 Å². The number of aromatic nitrogens is 3. The van der Waals surface area contributed by atoms with E-state index < -0.39 is 0 Å². The molecule has 2 heterocycles. The molecule has 0 spiro atoms. The van der Waals surface area contributed by atoms with E-state index in [4.69, 9.17) is 4.74 Å². The van der Waals surface area contributed by atoms with Crippen LogP contribution in [0, 0.1) is 0 Å². The van der Waals surface area contributed by atoms with Gasteiger partial charge in [0.15, 0.2) is 0 Å². The maximum atomic E-state index is 5.38. The quantitative estimate of drug-likeness (QED) is 0.793. The van der Waals surface area contributed by atoms with Gasteiger partial charge in [-0.05, 0) is 33.6 Å². The summed E-state index contributed by atoms with van der Waals surface area (Å²) in [4.78, 5) is 15.6. The monoisotopic (exact) mass is 294 g/mol. The second-order valence-corrected chi connectivity index (χ2v) is 5.02. The van der Waals surface area contributed by atoms with Crippen molar-refractivity contribution in [1.82, 2.24) is 15.0 Å². The van der Waals surface area contributed by atoms with Gasteiger partial charge in [-0.15, -0.1) is 0 Å². The molecule has 0 amide bonds. The van der Waals surface area contributed by atoms with Crippen LogP contribution in [-0.4, -0.2) is 53.8 Å². The van der Waals surface area contributed by atoms with Crippen molar-refractivity contribution in [1.29, 1.82) is 0 Å². The van der Waals surface area contributed by atoms with Gasteiger partial charge in [-0.25, -0.2) is 0 Å². The average Bonchev–Trinajstić information content (AvgIpc) is 2.50. The van der Waals surface area contributed by atoms with E-state index in [9.17, 15) is 0 Å². The number of rotatable bonds is 7. The van der Waals surface area contributed by atoms with Crippen LogP contribution in [0.15, 0.2) is 0 Å². The molecule has 0 aliphatic carbocycles. The SMILES string of the molecule is CCNc1nc(NC2CCOCC2)nc(N(CC)CC)n1. The van der Waals surface area contributed by atoms with Gasteiger partial charge in [0.2, 0.25) is 17.8 Å². The predicted octanol–water partition coefficient (Wildman–Crippen LogP) is 1.74. The van der Waals surface area contributed by atoms with Crippen LogP contribution in [-0.2, 0) is 4.74 Å². The summed E-state index contributed by atoms with van der Waals surface area (Å²) in [5, 5.41) is 6.59. The van der Waals surface area contributed by atoms with Crippen molar-refractivity contribution in [3.8, 4) is 0 Å². The molecule has 0 aromatic carbocycles. The normalized spacial score (nSPS) is 15.8. The Bertz CT molecular complexity index is 431. The molecule has 1 aliphatic rings. The van der Waals surface area contributed by atoms with Gasteiger partial charge in [-0.2, -0.15) is 15.0 Å². The van der Waals surface area contributed by atoms with Crippen LogP contribution < -0.4 is 15.5 Å². The summed E-state index contributed by atoms with van der Waals surface area (Å²) in [5.41, 5.74) is 0. The molecule has 1 saturated heterocycles. The van der Waals surface area contributed by atoms with Crippen molar-refractivity contribution in [2.75, 3.05) is 48.4 Å². The minimum atomic E-state index is 0.375. The molecule has 2 rings (SSSR count). The zero-order valence-electron chi connectivity index (χ0n) is 13.2. The van der Waals surface area contributed by atoms with Gasteiger partial charge in [0.1, 0.15) is 0 Å². The summed E-state index contributed by atoms with van der Waals surface area (Å²) in [6.45, 7) is 10.4. The minimum Gasteiger partial charge on any atom is -0.381 e. The lowest BCUT2D eigenvalue weighted by Crippen LogP contribution is -2.30. The Balaban J connectivity index is 2.17. The molecule has 0 radical (unpaired) electrons. The first kappa shape index (κ1) is 15.8. The van der Waals surface area contributed by atoms with E-state index in [1.807, 2.05) is 6.92 Å². The van der Waals surface area contributed by atoms with E-state index >= 15 is 0 Å². The molecule has 1 aromatic heterocycles. The predicted molar refractivity (Wildman–Crippen MR) is 85.0 cm³/mol. The van der Waals surface area contributed by atoms with Gasteiger partial charge in [0, 0.05) is 38.9 Å².